The van der Waals surface area contributed by atoms with Crippen LogP contribution in [0.4, 0.5) is 5.69 Å². The molecule has 0 unspecified atom stereocenters. The van der Waals surface area contributed by atoms with Crippen LogP contribution in [0.5, 0.6) is 0 Å². The SMILES string of the molecule is Cc1ccc(NS(=O)(=O)c2cnn(CCO)c2)c(Br)c1. The van der Waals surface area contributed by atoms with Gasteiger partial charge in [0.2, 0.25) is 0 Å². The molecule has 0 radical (unpaired) electrons. The van der Waals surface area contributed by atoms with Crippen LogP contribution < -0.4 is 4.72 Å². The zero-order chi connectivity index (χ0) is 14.8. The minimum Gasteiger partial charge on any atom is -0.394 e. The lowest BCUT2D eigenvalue weighted by Crippen LogP contribution is -2.13. The van der Waals surface area contributed by atoms with E-state index in [0.717, 1.165) is 5.56 Å². The number of aliphatic hydroxyl groups excluding tert-OH is 1. The predicted molar refractivity (Wildman–Crippen MR) is 79.0 cm³/mol. The summed E-state index contributed by atoms with van der Waals surface area (Å²) in [5, 5.41) is 12.7. The number of hydrogen-bond acceptors (Lipinski definition) is 4. The van der Waals surface area contributed by atoms with Crippen molar-refractivity contribution >= 4 is 31.6 Å². The van der Waals surface area contributed by atoms with E-state index in [1.807, 2.05) is 19.1 Å². The molecule has 0 atom stereocenters. The molecule has 2 N–H and O–H groups in total. The first-order valence-corrected chi connectivity index (χ1v) is 8.12. The van der Waals surface area contributed by atoms with Crippen LogP contribution in [0.1, 0.15) is 5.56 Å². The van der Waals surface area contributed by atoms with Crippen molar-refractivity contribution < 1.29 is 13.5 Å². The quantitative estimate of drug-likeness (QED) is 0.851. The van der Waals surface area contributed by atoms with Crippen LogP contribution in [-0.2, 0) is 16.6 Å². The topological polar surface area (TPSA) is 84.2 Å². The van der Waals surface area contributed by atoms with Gasteiger partial charge in [-0.2, -0.15) is 5.10 Å². The Hall–Kier alpha value is -1.38. The van der Waals surface area contributed by atoms with Crippen molar-refractivity contribution in [3.8, 4) is 0 Å². The smallest absolute Gasteiger partial charge is 0.265 e. The molecule has 0 spiro atoms. The zero-order valence-corrected chi connectivity index (χ0v) is 13.1. The number of benzene rings is 1. The fourth-order valence-electron chi connectivity index (χ4n) is 1.61. The average molecular weight is 360 g/mol. The van der Waals surface area contributed by atoms with Crippen molar-refractivity contribution in [2.45, 2.75) is 18.4 Å². The Kier molecular flexibility index (Phi) is 4.46. The van der Waals surface area contributed by atoms with Crippen LogP contribution in [0.2, 0.25) is 0 Å². The first-order valence-electron chi connectivity index (χ1n) is 5.84. The highest BCUT2D eigenvalue weighted by Crippen LogP contribution is 2.25. The van der Waals surface area contributed by atoms with Gasteiger partial charge in [-0.1, -0.05) is 6.07 Å². The largest absolute Gasteiger partial charge is 0.394 e. The number of aryl methyl sites for hydroxylation is 1. The van der Waals surface area contributed by atoms with Gasteiger partial charge >= 0.3 is 0 Å². The van der Waals surface area contributed by atoms with Gasteiger partial charge in [0.25, 0.3) is 10.0 Å². The number of sulfonamides is 1. The van der Waals surface area contributed by atoms with Crippen molar-refractivity contribution in [3.63, 3.8) is 0 Å². The van der Waals surface area contributed by atoms with Crippen molar-refractivity contribution in [2.75, 3.05) is 11.3 Å². The third-order valence-corrected chi connectivity index (χ3v) is 4.59. The summed E-state index contributed by atoms with van der Waals surface area (Å²) >= 11 is 3.32. The monoisotopic (exact) mass is 359 g/mol. The van der Waals surface area contributed by atoms with Crippen molar-refractivity contribution in [1.29, 1.82) is 0 Å². The number of hydrogen-bond donors (Lipinski definition) is 2. The molecule has 20 heavy (non-hydrogen) atoms. The molecule has 1 heterocycles. The van der Waals surface area contributed by atoms with Gasteiger partial charge in [-0.05, 0) is 40.5 Å². The first-order chi connectivity index (χ1) is 9.42. The standard InChI is InChI=1S/C12H14BrN3O3S/c1-9-2-3-12(11(13)6-9)15-20(18,19)10-7-14-16(8-10)4-5-17/h2-3,6-8,15,17H,4-5H2,1H3. The predicted octanol–water partition coefficient (Wildman–Crippen LogP) is 1.75. The normalized spacial score (nSPS) is 11.6. The summed E-state index contributed by atoms with van der Waals surface area (Å²) in [5.74, 6) is 0. The summed E-state index contributed by atoms with van der Waals surface area (Å²) < 4.78 is 29.0. The van der Waals surface area contributed by atoms with Gasteiger partial charge in [0.15, 0.2) is 0 Å². The van der Waals surface area contributed by atoms with Crippen LogP contribution in [0.15, 0.2) is 40.0 Å². The number of aliphatic hydroxyl groups is 1. The van der Waals surface area contributed by atoms with Crippen molar-refractivity contribution in [3.05, 3.63) is 40.6 Å². The minimum atomic E-state index is -3.69. The Labute approximate surface area is 125 Å². The number of aromatic nitrogens is 2. The number of rotatable bonds is 5. The van der Waals surface area contributed by atoms with E-state index >= 15 is 0 Å². The van der Waals surface area contributed by atoms with Crippen LogP contribution in [-0.4, -0.2) is 29.9 Å². The number of halogens is 1. The summed E-state index contributed by atoms with van der Waals surface area (Å²) in [4.78, 5) is 0.0541. The van der Waals surface area contributed by atoms with E-state index in [2.05, 4.69) is 25.8 Å². The molecule has 1 aromatic carbocycles. The molecule has 2 rings (SSSR count). The highest BCUT2D eigenvalue weighted by Gasteiger charge is 2.17. The van der Waals surface area contributed by atoms with E-state index in [1.54, 1.807) is 6.07 Å². The Morgan fingerprint density at radius 3 is 2.85 bits per heavy atom. The molecule has 0 aliphatic rings. The average Bonchev–Trinajstić information content (AvgIpc) is 2.83. The number of nitrogens with one attached hydrogen (secondary N) is 1. The van der Waals surface area contributed by atoms with Gasteiger partial charge in [0.05, 0.1) is 25.0 Å². The molecule has 0 amide bonds. The van der Waals surface area contributed by atoms with Gasteiger partial charge in [0, 0.05) is 10.7 Å². The highest BCUT2D eigenvalue weighted by atomic mass is 79.9. The lowest BCUT2D eigenvalue weighted by atomic mass is 10.2. The Morgan fingerprint density at radius 1 is 1.45 bits per heavy atom. The summed E-state index contributed by atoms with van der Waals surface area (Å²) in [6.07, 6.45) is 2.63. The molecule has 0 aliphatic heterocycles. The fraction of sp³-hybridized carbons (Fsp3) is 0.250. The Morgan fingerprint density at radius 2 is 2.20 bits per heavy atom. The molecule has 0 saturated heterocycles. The first kappa shape index (κ1) is 15.0. The maximum atomic E-state index is 12.2. The molecular formula is C12H14BrN3O3S. The van der Waals surface area contributed by atoms with Crippen LogP contribution >= 0.6 is 15.9 Å². The Bertz CT molecular complexity index is 712. The van der Waals surface area contributed by atoms with Crippen LogP contribution in [0.3, 0.4) is 0 Å². The second kappa shape index (κ2) is 5.94. The fourth-order valence-corrected chi connectivity index (χ4v) is 3.37. The molecule has 0 aliphatic carbocycles. The van der Waals surface area contributed by atoms with Crippen LogP contribution in [0.25, 0.3) is 0 Å². The zero-order valence-electron chi connectivity index (χ0n) is 10.7. The molecule has 108 valence electrons. The van der Waals surface area contributed by atoms with Crippen molar-refractivity contribution in [1.82, 2.24) is 9.78 Å². The third-order valence-electron chi connectivity index (χ3n) is 2.62. The highest BCUT2D eigenvalue weighted by molar-refractivity contribution is 9.10. The van der Waals surface area contributed by atoms with Gasteiger partial charge < -0.3 is 5.11 Å². The van der Waals surface area contributed by atoms with Gasteiger partial charge in [-0.3, -0.25) is 9.40 Å². The molecule has 8 heteroatoms. The minimum absolute atomic E-state index is 0.0541. The molecule has 0 bridgehead atoms. The molecule has 6 nitrogen and oxygen atoms in total. The molecule has 0 saturated carbocycles. The van der Waals surface area contributed by atoms with Gasteiger partial charge in [0.1, 0.15) is 4.90 Å². The van der Waals surface area contributed by atoms with E-state index in [-0.39, 0.29) is 18.0 Å². The molecular weight excluding hydrogens is 346 g/mol. The van der Waals surface area contributed by atoms with E-state index in [4.69, 9.17) is 5.11 Å². The maximum absolute atomic E-state index is 12.2. The summed E-state index contributed by atoms with van der Waals surface area (Å²) in [5.41, 5.74) is 1.49. The second-order valence-corrected chi connectivity index (χ2v) is 6.79. The van der Waals surface area contributed by atoms with E-state index in [9.17, 15) is 8.42 Å². The van der Waals surface area contributed by atoms with E-state index in [1.165, 1.54) is 17.1 Å². The van der Waals surface area contributed by atoms with E-state index in [0.29, 0.717) is 10.2 Å². The second-order valence-electron chi connectivity index (χ2n) is 4.25. The number of nitrogens with zero attached hydrogens (tertiary/aromatic N) is 2. The van der Waals surface area contributed by atoms with Crippen LogP contribution in [0, 0.1) is 6.92 Å². The lowest BCUT2D eigenvalue weighted by Gasteiger charge is -2.08. The molecule has 2 aromatic rings. The Balaban J connectivity index is 2.26. The summed E-state index contributed by atoms with van der Waals surface area (Å²) in [6.45, 7) is 2.07. The van der Waals surface area contributed by atoms with Crippen molar-refractivity contribution in [2.24, 2.45) is 0 Å². The lowest BCUT2D eigenvalue weighted by molar-refractivity contribution is 0.269. The van der Waals surface area contributed by atoms with Gasteiger partial charge in [-0.15, -0.1) is 0 Å². The van der Waals surface area contributed by atoms with Gasteiger partial charge in [-0.25, -0.2) is 8.42 Å². The molecule has 0 fully saturated rings. The summed E-state index contributed by atoms with van der Waals surface area (Å²) in [7, 11) is -3.69. The maximum Gasteiger partial charge on any atom is 0.265 e. The number of anilines is 1. The van der Waals surface area contributed by atoms with E-state index < -0.39 is 10.0 Å². The summed E-state index contributed by atoms with van der Waals surface area (Å²) in [6, 6.07) is 5.33. The third kappa shape index (κ3) is 3.38. The molecule has 1 aromatic heterocycles.